The van der Waals surface area contributed by atoms with Crippen LogP contribution in [0.1, 0.15) is 10.4 Å². The summed E-state index contributed by atoms with van der Waals surface area (Å²) in [7, 11) is 1.36. The van der Waals surface area contributed by atoms with Crippen LogP contribution < -0.4 is 0 Å². The summed E-state index contributed by atoms with van der Waals surface area (Å²) in [6.07, 6.45) is 1.88. The Balaban J connectivity index is 2.52. The molecule has 0 aliphatic rings. The molecule has 0 atom stereocenters. The number of fused-ring (bicyclic) bond motifs is 3. The molecule has 3 aromatic rings. The van der Waals surface area contributed by atoms with Crippen LogP contribution >= 0.6 is 11.6 Å². The summed E-state index contributed by atoms with van der Waals surface area (Å²) in [5.41, 5.74) is 2.14. The number of esters is 1. The third kappa shape index (κ3) is 1.41. The van der Waals surface area contributed by atoms with E-state index >= 15 is 0 Å². The molecule has 90 valence electrons. The third-order valence-corrected chi connectivity index (χ3v) is 3.39. The lowest BCUT2D eigenvalue weighted by molar-refractivity contribution is 0.0602. The molecule has 2 aromatic heterocycles. The van der Waals surface area contributed by atoms with Crippen molar-refractivity contribution in [1.82, 2.24) is 4.40 Å². The van der Waals surface area contributed by atoms with Gasteiger partial charge in [-0.3, -0.25) is 0 Å². The smallest absolute Gasteiger partial charge is 0.340 e. The molecule has 0 N–H and O–H groups in total. The molecule has 0 bridgehead atoms. The van der Waals surface area contributed by atoms with Gasteiger partial charge in [0, 0.05) is 11.6 Å². The molecular weight excluding hydrogens is 250 g/mol. The van der Waals surface area contributed by atoms with Crippen molar-refractivity contribution < 1.29 is 9.53 Å². The van der Waals surface area contributed by atoms with E-state index in [1.807, 2.05) is 40.9 Å². The number of rotatable bonds is 1. The van der Waals surface area contributed by atoms with Gasteiger partial charge < -0.3 is 9.14 Å². The van der Waals surface area contributed by atoms with Crippen LogP contribution in [0.2, 0.25) is 5.02 Å². The second kappa shape index (κ2) is 4.03. The monoisotopic (exact) mass is 259 g/mol. The van der Waals surface area contributed by atoms with E-state index in [1.165, 1.54) is 7.11 Å². The summed E-state index contributed by atoms with van der Waals surface area (Å²) < 4.78 is 6.69. The molecule has 3 nitrogen and oxygen atoms in total. The summed E-state index contributed by atoms with van der Waals surface area (Å²) >= 11 is 6.37. The molecule has 18 heavy (non-hydrogen) atoms. The Hall–Kier alpha value is -2.00. The molecule has 0 radical (unpaired) electrons. The number of hydrogen-bond donors (Lipinski definition) is 0. The standard InChI is InChI=1S/C14H10ClNO2/c1-18-14(17)10-6-4-8-16-11-7-3-2-5-9(11)12(15)13(10)16/h2-8H,1H3. The van der Waals surface area contributed by atoms with Crippen LogP contribution in [0.15, 0.2) is 42.6 Å². The fourth-order valence-corrected chi connectivity index (χ4v) is 2.56. The van der Waals surface area contributed by atoms with Crippen molar-refractivity contribution in [3.05, 3.63) is 53.2 Å². The lowest BCUT2D eigenvalue weighted by Crippen LogP contribution is -2.03. The number of ether oxygens (including phenoxy) is 1. The lowest BCUT2D eigenvalue weighted by Gasteiger charge is -2.03. The third-order valence-electron chi connectivity index (χ3n) is 3.01. The van der Waals surface area contributed by atoms with Gasteiger partial charge in [0.1, 0.15) is 0 Å². The van der Waals surface area contributed by atoms with E-state index in [0.29, 0.717) is 16.1 Å². The lowest BCUT2D eigenvalue weighted by atomic mass is 10.2. The fourth-order valence-electron chi connectivity index (χ4n) is 2.20. The van der Waals surface area contributed by atoms with Gasteiger partial charge in [-0.05, 0) is 18.2 Å². The average molecular weight is 260 g/mol. The second-order valence-electron chi connectivity index (χ2n) is 3.96. The van der Waals surface area contributed by atoms with Gasteiger partial charge in [-0.25, -0.2) is 4.79 Å². The maximum atomic E-state index is 11.8. The van der Waals surface area contributed by atoms with Gasteiger partial charge in [0.05, 0.1) is 28.7 Å². The number of aromatic nitrogens is 1. The maximum absolute atomic E-state index is 11.8. The minimum atomic E-state index is -0.384. The molecule has 1 aromatic carbocycles. The van der Waals surface area contributed by atoms with E-state index in [0.717, 1.165) is 10.9 Å². The number of carbonyl (C=O) groups is 1. The van der Waals surface area contributed by atoms with E-state index < -0.39 is 0 Å². The summed E-state index contributed by atoms with van der Waals surface area (Å²) in [4.78, 5) is 11.8. The minimum Gasteiger partial charge on any atom is -0.465 e. The van der Waals surface area contributed by atoms with Crippen molar-refractivity contribution in [2.45, 2.75) is 0 Å². The van der Waals surface area contributed by atoms with Crippen LogP contribution in [0.5, 0.6) is 0 Å². The van der Waals surface area contributed by atoms with Crippen LogP contribution in [-0.4, -0.2) is 17.5 Å². The van der Waals surface area contributed by atoms with E-state index in [4.69, 9.17) is 16.3 Å². The summed E-state index contributed by atoms with van der Waals surface area (Å²) in [5, 5.41) is 1.50. The maximum Gasteiger partial charge on any atom is 0.340 e. The molecule has 0 unspecified atom stereocenters. The summed E-state index contributed by atoms with van der Waals surface area (Å²) in [6, 6.07) is 11.3. The Kier molecular flexibility index (Phi) is 2.49. The molecule has 0 saturated heterocycles. The van der Waals surface area contributed by atoms with Crippen LogP contribution in [0.25, 0.3) is 16.4 Å². The van der Waals surface area contributed by atoms with Crippen LogP contribution in [-0.2, 0) is 4.74 Å². The van der Waals surface area contributed by atoms with Crippen molar-refractivity contribution in [3.8, 4) is 0 Å². The zero-order chi connectivity index (χ0) is 12.7. The highest BCUT2D eigenvalue weighted by Gasteiger charge is 2.17. The van der Waals surface area contributed by atoms with Crippen molar-refractivity contribution in [1.29, 1.82) is 0 Å². The van der Waals surface area contributed by atoms with Gasteiger partial charge in [-0.1, -0.05) is 29.8 Å². The Labute approximate surface area is 109 Å². The van der Waals surface area contributed by atoms with Gasteiger partial charge in [0.25, 0.3) is 0 Å². The predicted octanol–water partition coefficient (Wildman–Crippen LogP) is 3.53. The number of hydrogen-bond acceptors (Lipinski definition) is 2. The number of pyridine rings is 1. The number of carbonyl (C=O) groups excluding carboxylic acids is 1. The van der Waals surface area contributed by atoms with Gasteiger partial charge in [-0.2, -0.15) is 0 Å². The Morgan fingerprint density at radius 1 is 1.22 bits per heavy atom. The Morgan fingerprint density at radius 3 is 2.78 bits per heavy atom. The highest BCUT2D eigenvalue weighted by molar-refractivity contribution is 6.40. The normalized spacial score (nSPS) is 11.0. The average Bonchev–Trinajstić information content (AvgIpc) is 2.72. The quantitative estimate of drug-likeness (QED) is 0.626. The molecular formula is C14H10ClNO2. The topological polar surface area (TPSA) is 30.7 Å². The van der Waals surface area contributed by atoms with E-state index in [9.17, 15) is 4.79 Å². The first-order valence-electron chi connectivity index (χ1n) is 5.49. The Bertz CT molecular complexity index is 761. The van der Waals surface area contributed by atoms with Crippen LogP contribution in [0, 0.1) is 0 Å². The van der Waals surface area contributed by atoms with Crippen LogP contribution in [0.4, 0.5) is 0 Å². The predicted molar refractivity (Wildman–Crippen MR) is 71.3 cm³/mol. The molecule has 0 aliphatic carbocycles. The SMILES string of the molecule is COC(=O)c1cccn2c1c(Cl)c1ccccc12. The first-order valence-corrected chi connectivity index (χ1v) is 5.87. The molecule has 0 spiro atoms. The van der Waals surface area contributed by atoms with Crippen molar-refractivity contribution in [2.75, 3.05) is 7.11 Å². The number of halogens is 1. The summed E-state index contributed by atoms with van der Waals surface area (Å²) in [6.45, 7) is 0. The molecule has 4 heteroatoms. The molecule has 0 aliphatic heterocycles. The highest BCUT2D eigenvalue weighted by atomic mass is 35.5. The van der Waals surface area contributed by atoms with E-state index in [-0.39, 0.29) is 5.97 Å². The van der Waals surface area contributed by atoms with Crippen LogP contribution in [0.3, 0.4) is 0 Å². The van der Waals surface area contributed by atoms with Crippen molar-refractivity contribution in [2.24, 2.45) is 0 Å². The molecule has 2 heterocycles. The zero-order valence-electron chi connectivity index (χ0n) is 9.68. The summed E-state index contributed by atoms with van der Waals surface area (Å²) in [5.74, 6) is -0.384. The molecule has 0 fully saturated rings. The first-order chi connectivity index (χ1) is 8.74. The molecule has 3 rings (SSSR count). The molecule has 0 amide bonds. The number of nitrogens with zero attached hydrogens (tertiary/aromatic N) is 1. The van der Waals surface area contributed by atoms with Gasteiger partial charge >= 0.3 is 5.97 Å². The Morgan fingerprint density at radius 2 is 2.00 bits per heavy atom. The van der Waals surface area contributed by atoms with Gasteiger partial charge in [0.2, 0.25) is 0 Å². The fraction of sp³-hybridized carbons (Fsp3) is 0.0714. The number of methoxy groups -OCH3 is 1. The van der Waals surface area contributed by atoms with Gasteiger partial charge in [0.15, 0.2) is 0 Å². The molecule has 0 saturated carbocycles. The van der Waals surface area contributed by atoms with Crippen molar-refractivity contribution >= 4 is 34.0 Å². The number of benzene rings is 1. The van der Waals surface area contributed by atoms with E-state index in [2.05, 4.69) is 0 Å². The van der Waals surface area contributed by atoms with Crippen molar-refractivity contribution in [3.63, 3.8) is 0 Å². The first kappa shape index (κ1) is 11.1. The highest BCUT2D eigenvalue weighted by Crippen LogP contribution is 2.32. The minimum absolute atomic E-state index is 0.384. The zero-order valence-corrected chi connectivity index (χ0v) is 10.4. The number of para-hydroxylation sites is 1. The van der Waals surface area contributed by atoms with Gasteiger partial charge in [-0.15, -0.1) is 0 Å². The second-order valence-corrected chi connectivity index (χ2v) is 4.34. The largest absolute Gasteiger partial charge is 0.465 e. The van der Waals surface area contributed by atoms with E-state index in [1.54, 1.807) is 6.07 Å².